The van der Waals surface area contributed by atoms with Gasteiger partial charge in [-0.2, -0.15) is 5.26 Å². The molecule has 0 aliphatic carbocycles. The van der Waals surface area contributed by atoms with Gasteiger partial charge >= 0.3 is 0 Å². The van der Waals surface area contributed by atoms with Crippen molar-refractivity contribution in [1.29, 1.82) is 5.26 Å². The third-order valence-electron chi connectivity index (χ3n) is 7.55. The number of benzene rings is 4. The van der Waals surface area contributed by atoms with Crippen LogP contribution < -0.4 is 26.0 Å². The predicted octanol–water partition coefficient (Wildman–Crippen LogP) is 8.11. The van der Waals surface area contributed by atoms with Gasteiger partial charge in [0.05, 0.1) is 22.3 Å². The monoisotopic (exact) mass is 729 g/mol. The second-order valence-electron chi connectivity index (χ2n) is 11.3. The van der Waals surface area contributed by atoms with Gasteiger partial charge in [0.25, 0.3) is 17.7 Å². The lowest BCUT2D eigenvalue weighted by molar-refractivity contribution is -0.115. The molecule has 0 spiro atoms. The maximum atomic E-state index is 13.7. The Morgan fingerprint density at radius 1 is 0.846 bits per heavy atom. The van der Waals surface area contributed by atoms with Crippen LogP contribution in [0, 0.1) is 18.3 Å². The second-order valence-corrected chi connectivity index (χ2v) is 13.7. The Morgan fingerprint density at radius 3 is 2.23 bits per heavy atom. The fourth-order valence-corrected chi connectivity index (χ4v) is 6.95. The molecule has 0 fully saturated rings. The van der Waals surface area contributed by atoms with E-state index in [4.69, 9.17) is 4.74 Å². The Bertz CT molecular complexity index is 2160. The third kappa shape index (κ3) is 9.54. The maximum Gasteiger partial charge on any atom is 0.272 e. The van der Waals surface area contributed by atoms with Gasteiger partial charge in [0.1, 0.15) is 22.5 Å². The summed E-state index contributed by atoms with van der Waals surface area (Å²) in [6, 6.07) is 33.8. The van der Waals surface area contributed by atoms with Crippen molar-refractivity contribution >= 4 is 69.2 Å². The molecule has 10 nitrogen and oxygen atoms in total. The summed E-state index contributed by atoms with van der Waals surface area (Å²) in [5, 5.41) is 20.8. The lowest BCUT2D eigenvalue weighted by atomic mass is 10.1. The molecule has 262 valence electrons. The number of hydrogen-bond acceptors (Lipinski definition) is 8. The van der Waals surface area contributed by atoms with E-state index in [0.717, 1.165) is 11.3 Å². The van der Waals surface area contributed by atoms with Crippen LogP contribution >= 0.6 is 23.1 Å². The van der Waals surface area contributed by atoms with Crippen molar-refractivity contribution in [3.05, 3.63) is 142 Å². The van der Waals surface area contributed by atoms with Crippen LogP contribution in [0.3, 0.4) is 0 Å². The lowest BCUT2D eigenvalue weighted by Crippen LogP contribution is -2.30. The number of rotatable bonds is 13. The highest BCUT2D eigenvalue weighted by Crippen LogP contribution is 2.34. The van der Waals surface area contributed by atoms with Gasteiger partial charge in [-0.05, 0) is 80.9 Å². The Morgan fingerprint density at radius 2 is 1.52 bits per heavy atom. The van der Waals surface area contributed by atoms with Crippen molar-refractivity contribution < 1.29 is 23.9 Å². The lowest BCUT2D eigenvalue weighted by Gasteiger charge is -2.14. The summed E-state index contributed by atoms with van der Waals surface area (Å²) in [6.07, 6.45) is 1.56. The molecule has 1 heterocycles. The molecule has 5 aromatic rings. The molecule has 12 heteroatoms. The Hall–Kier alpha value is -6.16. The van der Waals surface area contributed by atoms with E-state index in [1.807, 2.05) is 25.1 Å². The first-order valence-corrected chi connectivity index (χ1v) is 17.9. The van der Waals surface area contributed by atoms with E-state index in [9.17, 15) is 24.4 Å². The number of carbonyl (C=O) groups is 4. The number of nitrogens with zero attached hydrogens (tertiary/aromatic N) is 1. The van der Waals surface area contributed by atoms with Gasteiger partial charge in [-0.1, -0.05) is 60.7 Å². The Balaban J connectivity index is 1.29. The number of para-hydroxylation sites is 2. The summed E-state index contributed by atoms with van der Waals surface area (Å²) in [4.78, 5) is 54.1. The van der Waals surface area contributed by atoms with E-state index >= 15 is 0 Å². The minimum Gasteiger partial charge on any atom is -0.493 e. The summed E-state index contributed by atoms with van der Waals surface area (Å²) in [7, 11) is 0. The number of anilines is 3. The smallest absolute Gasteiger partial charge is 0.272 e. The van der Waals surface area contributed by atoms with Crippen LogP contribution in [0.4, 0.5) is 16.4 Å². The minimum absolute atomic E-state index is 0.00293. The van der Waals surface area contributed by atoms with Crippen molar-refractivity contribution in [2.45, 2.75) is 30.9 Å². The van der Waals surface area contributed by atoms with Crippen molar-refractivity contribution in [1.82, 2.24) is 5.32 Å². The van der Waals surface area contributed by atoms with E-state index in [1.165, 1.54) is 11.8 Å². The molecule has 0 saturated heterocycles. The molecule has 1 aromatic heterocycles. The highest BCUT2D eigenvalue weighted by atomic mass is 32.2. The number of ether oxygens (including phenoxy) is 1. The summed E-state index contributed by atoms with van der Waals surface area (Å²) in [6.45, 7) is 5.67. The fraction of sp³-hybridized carbons (Fsp3) is 0.125. The zero-order chi connectivity index (χ0) is 37.0. The van der Waals surface area contributed by atoms with Crippen molar-refractivity contribution in [3.63, 3.8) is 0 Å². The predicted molar refractivity (Wildman–Crippen MR) is 207 cm³/mol. The quantitative estimate of drug-likeness (QED) is 0.0707. The minimum atomic E-state index is -0.614. The second kappa shape index (κ2) is 17.7. The first-order valence-electron chi connectivity index (χ1n) is 16.3. The van der Waals surface area contributed by atoms with E-state index in [-0.39, 0.29) is 23.1 Å². The normalized spacial score (nSPS) is 11.5. The highest BCUT2D eigenvalue weighted by molar-refractivity contribution is 8.00. The van der Waals surface area contributed by atoms with Crippen LogP contribution in [0.2, 0.25) is 0 Å². The number of nitrogens with one attached hydrogen (secondary N) is 4. The first kappa shape index (κ1) is 37.1. The number of hydrogen-bond donors (Lipinski definition) is 4. The number of thioether (sulfide) groups is 1. The number of nitriles is 1. The van der Waals surface area contributed by atoms with Gasteiger partial charge in [-0.15, -0.1) is 23.1 Å². The van der Waals surface area contributed by atoms with E-state index < -0.39 is 17.1 Å². The van der Waals surface area contributed by atoms with Gasteiger partial charge in [-0.25, -0.2) is 0 Å². The van der Waals surface area contributed by atoms with Gasteiger partial charge in [0.15, 0.2) is 0 Å². The molecule has 0 bridgehead atoms. The Kier molecular flexibility index (Phi) is 12.6. The number of amides is 4. The van der Waals surface area contributed by atoms with Crippen molar-refractivity contribution in [3.8, 4) is 11.8 Å². The van der Waals surface area contributed by atoms with Crippen molar-refractivity contribution in [2.75, 3.05) is 22.6 Å². The van der Waals surface area contributed by atoms with E-state index in [0.29, 0.717) is 55.2 Å². The largest absolute Gasteiger partial charge is 0.493 e. The summed E-state index contributed by atoms with van der Waals surface area (Å²) >= 11 is 2.29. The van der Waals surface area contributed by atoms with Crippen LogP contribution in [0.15, 0.2) is 120 Å². The van der Waals surface area contributed by atoms with Gasteiger partial charge < -0.3 is 26.0 Å². The topological polar surface area (TPSA) is 149 Å². The highest BCUT2D eigenvalue weighted by Gasteiger charge is 2.24. The average molecular weight is 730 g/mol. The number of carbonyl (C=O) groups excluding carboxylic acids is 4. The van der Waals surface area contributed by atoms with Crippen LogP contribution in [0.1, 0.15) is 50.6 Å². The molecule has 0 aliphatic rings. The summed E-state index contributed by atoms with van der Waals surface area (Å²) in [5.41, 5.74) is 2.76. The third-order valence-corrected chi connectivity index (χ3v) is 9.85. The molecule has 4 N–H and O–H groups in total. The van der Waals surface area contributed by atoms with Crippen LogP contribution in [-0.2, 0) is 9.59 Å². The van der Waals surface area contributed by atoms with Crippen LogP contribution in [-0.4, -0.2) is 35.5 Å². The molecule has 1 atom stereocenters. The van der Waals surface area contributed by atoms with Gasteiger partial charge in [0, 0.05) is 27.4 Å². The molecule has 4 aromatic carbocycles. The van der Waals surface area contributed by atoms with Gasteiger partial charge in [-0.3, -0.25) is 19.2 Å². The zero-order valence-corrected chi connectivity index (χ0v) is 30.2. The fourth-order valence-electron chi connectivity index (χ4n) is 4.96. The molecule has 0 radical (unpaired) electrons. The summed E-state index contributed by atoms with van der Waals surface area (Å²) < 4.78 is 5.73. The molecular weight excluding hydrogens is 695 g/mol. The molecule has 4 amide bonds. The zero-order valence-electron chi connectivity index (χ0n) is 28.6. The first-order chi connectivity index (χ1) is 25.2. The Labute approximate surface area is 309 Å². The molecule has 52 heavy (non-hydrogen) atoms. The SMILES string of the molecule is CCOc1ccccc1/C=C(/NC(=O)c1ccccc1)C(=O)Nc1cccc(SC(C)C(=O)Nc2sc(C(=O)Nc3ccccc3)c(C)c2C#N)c1. The molecule has 5 rings (SSSR count). The molecule has 0 aliphatic heterocycles. The molecular formula is C40H35N5O5S2. The van der Waals surface area contributed by atoms with Crippen LogP contribution in [0.25, 0.3) is 6.08 Å². The van der Waals surface area contributed by atoms with Gasteiger partial charge in [0.2, 0.25) is 5.91 Å². The van der Waals surface area contributed by atoms with E-state index in [2.05, 4.69) is 27.3 Å². The average Bonchev–Trinajstić information content (AvgIpc) is 3.47. The maximum absolute atomic E-state index is 13.7. The number of thiophene rings is 1. The molecule has 1 unspecified atom stereocenters. The molecule has 0 saturated carbocycles. The van der Waals surface area contributed by atoms with Crippen LogP contribution in [0.5, 0.6) is 5.75 Å². The van der Waals surface area contributed by atoms with E-state index in [1.54, 1.807) is 111 Å². The van der Waals surface area contributed by atoms with Crippen molar-refractivity contribution in [2.24, 2.45) is 0 Å². The summed E-state index contributed by atoms with van der Waals surface area (Å²) in [5.74, 6) is -1.20. The standard InChI is InChI=1S/C40H35N5O5S2/c1-4-50-34-21-12-11-16-28(34)22-33(44-37(47)27-14-7-5-8-15-27)38(48)43-30-19-13-20-31(23-30)51-26(3)36(46)45-40-32(24-41)25(2)35(52-40)39(49)42-29-17-9-6-10-18-29/h5-23,26H,4H2,1-3H3,(H,42,49)(H,43,48)(H,44,47)(H,45,46)/b33-22+.